The van der Waals surface area contributed by atoms with E-state index < -0.39 is 20.8 Å². The molecule has 1 atom stereocenters. The van der Waals surface area contributed by atoms with Crippen LogP contribution in [0.1, 0.15) is 12.7 Å². The van der Waals surface area contributed by atoms with Gasteiger partial charge in [-0.1, -0.05) is 6.92 Å². The molecule has 0 aliphatic heterocycles. The highest BCUT2D eigenvalue weighted by Gasteiger charge is 2.21. The summed E-state index contributed by atoms with van der Waals surface area (Å²) in [6, 6.07) is 3.07. The van der Waals surface area contributed by atoms with E-state index in [-0.39, 0.29) is 5.09 Å². The third-order valence-corrected chi connectivity index (χ3v) is 5.49. The molecule has 1 N–H and O–H groups in total. The minimum Gasteiger partial charge on any atom is -0.447 e. The van der Waals surface area contributed by atoms with Gasteiger partial charge in [0.2, 0.25) is 5.09 Å². The fourth-order valence-electron chi connectivity index (χ4n) is 1.31. The summed E-state index contributed by atoms with van der Waals surface area (Å²) >= 11 is 0. The molecule has 0 saturated carbocycles. The topological polar surface area (TPSA) is 79.6 Å². The van der Waals surface area contributed by atoms with Crippen LogP contribution in [0.5, 0.6) is 0 Å². The van der Waals surface area contributed by atoms with Gasteiger partial charge in [0.15, 0.2) is 0 Å². The Morgan fingerprint density at radius 2 is 2.05 bits per heavy atom. The summed E-state index contributed by atoms with van der Waals surface area (Å²) in [5.74, 6) is 1.77. The van der Waals surface area contributed by atoms with Gasteiger partial charge in [0.1, 0.15) is 5.76 Å². The van der Waals surface area contributed by atoms with Gasteiger partial charge in [-0.2, -0.15) is 0 Å². The van der Waals surface area contributed by atoms with E-state index in [4.69, 9.17) is 4.42 Å². The van der Waals surface area contributed by atoms with Crippen molar-refractivity contribution in [3.8, 4) is 0 Å². The van der Waals surface area contributed by atoms with E-state index in [1.165, 1.54) is 20.2 Å². The zero-order valence-corrected chi connectivity index (χ0v) is 13.0. The molecule has 1 rings (SSSR count). The van der Waals surface area contributed by atoms with Crippen LogP contribution in [-0.2, 0) is 27.4 Å². The quantitative estimate of drug-likeness (QED) is 0.703. The van der Waals surface area contributed by atoms with Gasteiger partial charge in [0.05, 0.1) is 6.54 Å². The number of sulfonamides is 1. The van der Waals surface area contributed by atoms with Crippen LogP contribution < -0.4 is 5.32 Å². The van der Waals surface area contributed by atoms with Crippen molar-refractivity contribution in [3.05, 3.63) is 17.9 Å². The van der Waals surface area contributed by atoms with Crippen LogP contribution in [0.3, 0.4) is 0 Å². The maximum absolute atomic E-state index is 11.8. The average molecular weight is 308 g/mol. The van der Waals surface area contributed by atoms with Crippen molar-refractivity contribution < 1.29 is 17.0 Å². The molecule has 0 bridgehead atoms. The summed E-state index contributed by atoms with van der Waals surface area (Å²) in [7, 11) is -1.40. The zero-order valence-electron chi connectivity index (χ0n) is 11.4. The van der Waals surface area contributed by atoms with Crippen LogP contribution in [0.25, 0.3) is 0 Å². The van der Waals surface area contributed by atoms with Crippen LogP contribution in [0.4, 0.5) is 0 Å². The SMILES string of the molecule is CCS(=O)CCNCc1ccc(S(=O)(=O)N(C)C)o1. The molecule has 1 aromatic rings. The molecule has 0 spiro atoms. The molecule has 19 heavy (non-hydrogen) atoms. The normalized spacial score (nSPS) is 13.9. The molecule has 0 amide bonds. The van der Waals surface area contributed by atoms with E-state index in [9.17, 15) is 12.6 Å². The van der Waals surface area contributed by atoms with Gasteiger partial charge >= 0.3 is 0 Å². The molecule has 0 fully saturated rings. The van der Waals surface area contributed by atoms with Gasteiger partial charge in [-0.25, -0.2) is 12.7 Å². The molecular formula is C11H20N2O4S2. The molecule has 1 aromatic heterocycles. The number of furan rings is 1. The first-order chi connectivity index (χ1) is 8.87. The van der Waals surface area contributed by atoms with E-state index >= 15 is 0 Å². The predicted octanol–water partition coefficient (Wildman–Crippen LogP) is 0.388. The molecule has 1 heterocycles. The average Bonchev–Trinajstić information content (AvgIpc) is 2.83. The summed E-state index contributed by atoms with van der Waals surface area (Å²) in [5.41, 5.74) is 0. The minimum absolute atomic E-state index is 0.0635. The maximum atomic E-state index is 11.8. The molecule has 1 unspecified atom stereocenters. The Hall–Kier alpha value is -0.700. The first kappa shape index (κ1) is 16.4. The molecule has 0 aliphatic rings. The third kappa shape index (κ3) is 4.72. The maximum Gasteiger partial charge on any atom is 0.275 e. The van der Waals surface area contributed by atoms with Crippen molar-refractivity contribution in [3.63, 3.8) is 0 Å². The summed E-state index contributed by atoms with van der Waals surface area (Å²) in [4.78, 5) is 0. The highest BCUT2D eigenvalue weighted by molar-refractivity contribution is 7.89. The van der Waals surface area contributed by atoms with Crippen molar-refractivity contribution in [2.45, 2.75) is 18.6 Å². The summed E-state index contributed by atoms with van der Waals surface area (Å²) in [6.07, 6.45) is 0. The van der Waals surface area contributed by atoms with Gasteiger partial charge < -0.3 is 9.73 Å². The lowest BCUT2D eigenvalue weighted by molar-refractivity contribution is 0.390. The van der Waals surface area contributed by atoms with Crippen molar-refractivity contribution in [1.29, 1.82) is 0 Å². The lowest BCUT2D eigenvalue weighted by atomic mass is 10.4. The van der Waals surface area contributed by atoms with Gasteiger partial charge in [-0.15, -0.1) is 0 Å². The Labute approximate surface area is 116 Å². The van der Waals surface area contributed by atoms with Gasteiger partial charge in [-0.3, -0.25) is 4.21 Å². The number of hydrogen-bond donors (Lipinski definition) is 1. The highest BCUT2D eigenvalue weighted by atomic mass is 32.2. The first-order valence-corrected chi connectivity index (χ1v) is 8.87. The second-order valence-corrected chi connectivity index (χ2v) is 8.07. The Balaban J connectivity index is 2.50. The van der Waals surface area contributed by atoms with Crippen molar-refractivity contribution >= 4 is 20.8 Å². The molecular weight excluding hydrogens is 288 g/mol. The number of rotatable bonds is 8. The van der Waals surface area contributed by atoms with Crippen LogP contribution in [-0.4, -0.2) is 49.1 Å². The fraction of sp³-hybridized carbons (Fsp3) is 0.636. The van der Waals surface area contributed by atoms with Crippen LogP contribution in [0.15, 0.2) is 21.6 Å². The largest absolute Gasteiger partial charge is 0.447 e. The smallest absolute Gasteiger partial charge is 0.275 e. The molecule has 6 nitrogen and oxygen atoms in total. The fourth-order valence-corrected chi connectivity index (χ4v) is 2.79. The Kier molecular flexibility index (Phi) is 6.18. The van der Waals surface area contributed by atoms with Gasteiger partial charge in [0, 0.05) is 42.9 Å². The molecule has 0 aliphatic carbocycles. The number of nitrogens with zero attached hydrogens (tertiary/aromatic N) is 1. The summed E-state index contributed by atoms with van der Waals surface area (Å²) in [6.45, 7) is 2.90. The second-order valence-electron chi connectivity index (χ2n) is 4.12. The van der Waals surface area contributed by atoms with E-state index in [1.54, 1.807) is 6.07 Å². The van der Waals surface area contributed by atoms with E-state index in [0.29, 0.717) is 30.4 Å². The van der Waals surface area contributed by atoms with E-state index in [2.05, 4.69) is 5.32 Å². The van der Waals surface area contributed by atoms with Crippen LogP contribution >= 0.6 is 0 Å². The lowest BCUT2D eigenvalue weighted by Gasteiger charge is -2.07. The molecule has 0 saturated heterocycles. The van der Waals surface area contributed by atoms with Crippen molar-refractivity contribution in [1.82, 2.24) is 9.62 Å². The van der Waals surface area contributed by atoms with Gasteiger partial charge in [-0.05, 0) is 12.1 Å². The molecule has 8 heteroatoms. The molecule has 0 aromatic carbocycles. The summed E-state index contributed by atoms with van der Waals surface area (Å²) < 4.78 is 41.1. The van der Waals surface area contributed by atoms with Crippen LogP contribution in [0.2, 0.25) is 0 Å². The Morgan fingerprint density at radius 3 is 2.63 bits per heavy atom. The highest BCUT2D eigenvalue weighted by Crippen LogP contribution is 2.16. The number of hydrogen-bond acceptors (Lipinski definition) is 5. The van der Waals surface area contributed by atoms with E-state index in [0.717, 1.165) is 4.31 Å². The number of nitrogens with one attached hydrogen (secondary N) is 1. The van der Waals surface area contributed by atoms with Gasteiger partial charge in [0.25, 0.3) is 10.0 Å². The standard InChI is InChI=1S/C11H20N2O4S2/c1-4-18(14)8-7-12-9-10-5-6-11(17-10)19(15,16)13(2)3/h5-6,12H,4,7-9H2,1-3H3. The van der Waals surface area contributed by atoms with Crippen LogP contribution in [0, 0.1) is 0 Å². The minimum atomic E-state index is -3.51. The zero-order chi connectivity index (χ0) is 14.5. The Bertz CT molecular complexity index is 523. The van der Waals surface area contributed by atoms with Crippen molar-refractivity contribution in [2.75, 3.05) is 32.1 Å². The third-order valence-electron chi connectivity index (χ3n) is 2.50. The second kappa shape index (κ2) is 7.18. The van der Waals surface area contributed by atoms with E-state index in [1.807, 2.05) is 6.92 Å². The van der Waals surface area contributed by atoms with Crippen molar-refractivity contribution in [2.24, 2.45) is 0 Å². The monoisotopic (exact) mass is 308 g/mol. The lowest BCUT2D eigenvalue weighted by Crippen LogP contribution is -2.22. The molecule has 110 valence electrons. The summed E-state index contributed by atoms with van der Waals surface area (Å²) in [5, 5.41) is 3.00. The Morgan fingerprint density at radius 1 is 1.37 bits per heavy atom. The first-order valence-electron chi connectivity index (χ1n) is 5.95. The predicted molar refractivity (Wildman–Crippen MR) is 74.8 cm³/mol. The molecule has 0 radical (unpaired) electrons.